The Balaban J connectivity index is 1.68. The van der Waals surface area contributed by atoms with Crippen LogP contribution in [0.15, 0.2) is 60.7 Å². The molecule has 0 radical (unpaired) electrons. The second-order valence-electron chi connectivity index (χ2n) is 8.17. The van der Waals surface area contributed by atoms with Gasteiger partial charge in [0.2, 0.25) is 0 Å². The van der Waals surface area contributed by atoms with Gasteiger partial charge < -0.3 is 25.1 Å². The van der Waals surface area contributed by atoms with Crippen molar-refractivity contribution in [3.8, 4) is 22.6 Å². The van der Waals surface area contributed by atoms with Crippen molar-refractivity contribution in [2.24, 2.45) is 0 Å². The summed E-state index contributed by atoms with van der Waals surface area (Å²) in [5, 5.41) is 5.97. The summed E-state index contributed by atoms with van der Waals surface area (Å²) in [4.78, 5) is 28.1. The fourth-order valence-electron chi connectivity index (χ4n) is 4.08. The van der Waals surface area contributed by atoms with Crippen LogP contribution in [-0.4, -0.2) is 38.1 Å². The molecule has 0 saturated carbocycles. The third kappa shape index (κ3) is 5.23. The maximum Gasteiger partial charge on any atom is 0.416 e. The average Bonchev–Trinajstić information content (AvgIpc) is 3.35. The van der Waals surface area contributed by atoms with Gasteiger partial charge in [0.05, 0.1) is 25.3 Å². The molecule has 7 nitrogen and oxygen atoms in total. The molecule has 192 valence electrons. The Hall–Kier alpha value is -4.47. The number of fused-ring (bicyclic) bond motifs is 1. The number of alkyl halides is 3. The fourth-order valence-corrected chi connectivity index (χ4v) is 4.08. The molecule has 1 aromatic heterocycles. The van der Waals surface area contributed by atoms with Gasteiger partial charge in [0.15, 0.2) is 0 Å². The molecule has 0 aliphatic heterocycles. The van der Waals surface area contributed by atoms with Gasteiger partial charge in [0, 0.05) is 30.1 Å². The van der Waals surface area contributed by atoms with E-state index >= 15 is 0 Å². The van der Waals surface area contributed by atoms with Crippen molar-refractivity contribution >= 4 is 22.7 Å². The number of aromatic amines is 1. The summed E-state index contributed by atoms with van der Waals surface area (Å²) in [6, 6.07) is 15.0. The Morgan fingerprint density at radius 1 is 0.919 bits per heavy atom. The first-order valence-electron chi connectivity index (χ1n) is 11.2. The van der Waals surface area contributed by atoms with E-state index in [4.69, 9.17) is 9.47 Å². The van der Waals surface area contributed by atoms with E-state index in [9.17, 15) is 22.8 Å². The summed E-state index contributed by atoms with van der Waals surface area (Å²) in [6.07, 6.45) is -4.47. The SMILES string of the molecule is CNC(=O)c1cc2c(-c3c(OC)cc(C(=O)NCc4cccc(C(F)(F)F)c4)cc3OC)cccc2[nH]1. The molecule has 1 heterocycles. The molecule has 2 amide bonds. The quantitative estimate of drug-likeness (QED) is 0.320. The van der Waals surface area contributed by atoms with Gasteiger partial charge in [-0.25, -0.2) is 0 Å². The number of hydrogen-bond donors (Lipinski definition) is 3. The Bertz CT molecular complexity index is 1450. The summed E-state index contributed by atoms with van der Waals surface area (Å²) in [5.41, 5.74) is 2.13. The first kappa shape index (κ1) is 25.6. The predicted molar refractivity (Wildman–Crippen MR) is 133 cm³/mol. The molecule has 0 aliphatic rings. The van der Waals surface area contributed by atoms with Crippen molar-refractivity contribution < 1.29 is 32.2 Å². The third-order valence-electron chi connectivity index (χ3n) is 5.88. The third-order valence-corrected chi connectivity index (χ3v) is 5.88. The highest BCUT2D eigenvalue weighted by Gasteiger charge is 2.30. The normalized spacial score (nSPS) is 11.3. The molecule has 0 fully saturated rings. The number of ether oxygens (including phenoxy) is 2. The number of carbonyl (C=O) groups excluding carboxylic acids is 2. The molecule has 0 bridgehead atoms. The molecule has 3 aromatic carbocycles. The van der Waals surface area contributed by atoms with Crippen molar-refractivity contribution in [2.75, 3.05) is 21.3 Å². The van der Waals surface area contributed by atoms with Gasteiger partial charge in [-0.1, -0.05) is 24.3 Å². The summed E-state index contributed by atoms with van der Waals surface area (Å²) >= 11 is 0. The molecule has 3 N–H and O–H groups in total. The summed E-state index contributed by atoms with van der Waals surface area (Å²) in [6.45, 7) is -0.0972. The van der Waals surface area contributed by atoms with Crippen LogP contribution in [0.2, 0.25) is 0 Å². The Kier molecular flexibility index (Phi) is 7.10. The lowest BCUT2D eigenvalue weighted by Gasteiger charge is -2.16. The molecule has 37 heavy (non-hydrogen) atoms. The van der Waals surface area contributed by atoms with E-state index in [2.05, 4.69) is 15.6 Å². The monoisotopic (exact) mass is 511 g/mol. The van der Waals surface area contributed by atoms with Crippen LogP contribution in [0.4, 0.5) is 13.2 Å². The molecular weight excluding hydrogens is 487 g/mol. The number of halogens is 3. The van der Waals surface area contributed by atoms with Crippen LogP contribution in [0.25, 0.3) is 22.0 Å². The van der Waals surface area contributed by atoms with Gasteiger partial charge in [-0.15, -0.1) is 0 Å². The molecule has 10 heteroatoms. The van der Waals surface area contributed by atoms with Gasteiger partial charge in [-0.2, -0.15) is 13.2 Å². The zero-order valence-corrected chi connectivity index (χ0v) is 20.2. The number of aromatic nitrogens is 1. The van der Waals surface area contributed by atoms with Crippen molar-refractivity contribution in [1.82, 2.24) is 15.6 Å². The minimum Gasteiger partial charge on any atom is -0.496 e. The van der Waals surface area contributed by atoms with E-state index in [1.807, 2.05) is 18.2 Å². The largest absolute Gasteiger partial charge is 0.496 e. The number of hydrogen-bond acceptors (Lipinski definition) is 4. The van der Waals surface area contributed by atoms with Gasteiger partial charge >= 0.3 is 6.18 Å². The van der Waals surface area contributed by atoms with Gasteiger partial charge in [-0.05, 0) is 47.5 Å². The molecule has 0 unspecified atom stereocenters. The van der Waals surface area contributed by atoms with Gasteiger partial charge in [-0.3, -0.25) is 9.59 Å². The summed E-state index contributed by atoms with van der Waals surface area (Å²) in [7, 11) is 4.45. The first-order chi connectivity index (χ1) is 17.7. The van der Waals surface area contributed by atoms with Crippen LogP contribution in [0, 0.1) is 0 Å². The number of amides is 2. The minimum absolute atomic E-state index is 0.0972. The van der Waals surface area contributed by atoms with Crippen LogP contribution < -0.4 is 20.1 Å². The number of rotatable bonds is 7. The highest BCUT2D eigenvalue weighted by molar-refractivity contribution is 6.05. The van der Waals surface area contributed by atoms with Crippen LogP contribution in [0.1, 0.15) is 32.0 Å². The second kappa shape index (κ2) is 10.3. The number of carbonyl (C=O) groups is 2. The van der Waals surface area contributed by atoms with Crippen molar-refractivity contribution in [3.05, 3.63) is 83.0 Å². The van der Waals surface area contributed by atoms with Crippen LogP contribution in [-0.2, 0) is 12.7 Å². The van der Waals surface area contributed by atoms with Crippen LogP contribution >= 0.6 is 0 Å². The zero-order chi connectivity index (χ0) is 26.7. The minimum atomic E-state index is -4.47. The maximum atomic E-state index is 13.0. The smallest absolute Gasteiger partial charge is 0.416 e. The Morgan fingerprint density at radius 3 is 2.22 bits per heavy atom. The number of nitrogens with one attached hydrogen (secondary N) is 3. The lowest BCUT2D eigenvalue weighted by atomic mass is 9.97. The summed E-state index contributed by atoms with van der Waals surface area (Å²) in [5.74, 6) is -0.0892. The number of benzene rings is 3. The van der Waals surface area contributed by atoms with Crippen LogP contribution in [0.3, 0.4) is 0 Å². The van der Waals surface area contributed by atoms with Crippen molar-refractivity contribution in [3.63, 3.8) is 0 Å². The molecule has 0 spiro atoms. The molecule has 4 aromatic rings. The lowest BCUT2D eigenvalue weighted by Crippen LogP contribution is -2.23. The van der Waals surface area contributed by atoms with E-state index in [-0.39, 0.29) is 18.0 Å². The van der Waals surface area contributed by atoms with E-state index in [0.29, 0.717) is 33.9 Å². The van der Waals surface area contributed by atoms with E-state index in [1.165, 1.54) is 45.5 Å². The maximum absolute atomic E-state index is 13.0. The van der Waals surface area contributed by atoms with E-state index in [1.54, 1.807) is 6.07 Å². The molecule has 0 aliphatic carbocycles. The molecule has 0 saturated heterocycles. The van der Waals surface area contributed by atoms with Crippen molar-refractivity contribution in [2.45, 2.75) is 12.7 Å². The van der Waals surface area contributed by atoms with Crippen molar-refractivity contribution in [1.29, 1.82) is 0 Å². The van der Waals surface area contributed by atoms with Crippen LogP contribution in [0.5, 0.6) is 11.5 Å². The zero-order valence-electron chi connectivity index (χ0n) is 20.2. The molecule has 0 atom stereocenters. The van der Waals surface area contributed by atoms with Gasteiger partial charge in [0.25, 0.3) is 11.8 Å². The van der Waals surface area contributed by atoms with E-state index < -0.39 is 17.6 Å². The number of H-pyrrole nitrogens is 1. The summed E-state index contributed by atoms with van der Waals surface area (Å²) < 4.78 is 50.2. The second-order valence-corrected chi connectivity index (χ2v) is 8.17. The van der Waals surface area contributed by atoms with Gasteiger partial charge in [0.1, 0.15) is 17.2 Å². The average molecular weight is 512 g/mol. The molecule has 4 rings (SSSR count). The standard InChI is InChI=1S/C27H24F3N3O4/c1-31-26(35)21-13-19-18(8-5-9-20(19)33-21)24-22(36-2)11-16(12-23(24)37-3)25(34)32-14-15-6-4-7-17(10-15)27(28,29)30/h4-13,33H,14H2,1-3H3,(H,31,35)(H,32,34). The first-order valence-corrected chi connectivity index (χ1v) is 11.2. The lowest BCUT2D eigenvalue weighted by molar-refractivity contribution is -0.137. The topological polar surface area (TPSA) is 92.4 Å². The highest BCUT2D eigenvalue weighted by Crippen LogP contribution is 2.42. The Morgan fingerprint density at radius 2 is 1.59 bits per heavy atom. The molecular formula is C27H24F3N3O4. The highest BCUT2D eigenvalue weighted by atomic mass is 19.4. The Labute approximate surface area is 210 Å². The predicted octanol–water partition coefficient (Wildman–Crippen LogP) is 5.16. The van der Waals surface area contributed by atoms with E-state index in [0.717, 1.165) is 23.0 Å². The number of methoxy groups -OCH3 is 2. The fraction of sp³-hybridized carbons (Fsp3) is 0.185.